The Morgan fingerprint density at radius 2 is 2.04 bits per heavy atom. The molecule has 0 aliphatic carbocycles. The first-order valence-corrected chi connectivity index (χ1v) is 10.6. The van der Waals surface area contributed by atoms with E-state index in [9.17, 15) is 8.42 Å². The number of hydrogen-bond acceptors (Lipinski definition) is 5. The quantitative estimate of drug-likeness (QED) is 0.635. The van der Waals surface area contributed by atoms with Crippen LogP contribution in [0.5, 0.6) is 5.88 Å². The van der Waals surface area contributed by atoms with E-state index in [1.165, 1.54) is 11.1 Å². The highest BCUT2D eigenvalue weighted by molar-refractivity contribution is 7.92. The second-order valence-corrected chi connectivity index (χ2v) is 8.02. The van der Waals surface area contributed by atoms with Crippen molar-refractivity contribution in [3.63, 3.8) is 0 Å². The highest BCUT2D eigenvalue weighted by Crippen LogP contribution is 2.20. The Balaban J connectivity index is 1.71. The van der Waals surface area contributed by atoms with Crippen molar-refractivity contribution in [3.05, 3.63) is 54.7 Å². The van der Waals surface area contributed by atoms with Gasteiger partial charge in [0.25, 0.3) is 0 Å². The van der Waals surface area contributed by atoms with Gasteiger partial charge in [-0.15, -0.1) is 0 Å². The Hall–Kier alpha value is -2.12. The lowest BCUT2D eigenvalue weighted by Crippen LogP contribution is -2.32. The predicted octanol–water partition coefficient (Wildman–Crippen LogP) is 2.99. The smallest absolute Gasteiger partial charge is 0.230 e. The fourth-order valence-corrected chi connectivity index (χ4v) is 3.33. The van der Waals surface area contributed by atoms with Crippen molar-refractivity contribution in [2.24, 2.45) is 0 Å². The van der Waals surface area contributed by atoms with Gasteiger partial charge >= 0.3 is 0 Å². The molecule has 0 saturated heterocycles. The van der Waals surface area contributed by atoms with Gasteiger partial charge in [-0.05, 0) is 43.0 Å². The molecule has 26 heavy (non-hydrogen) atoms. The van der Waals surface area contributed by atoms with Crippen LogP contribution in [-0.2, 0) is 10.0 Å². The fourth-order valence-electron chi connectivity index (χ4n) is 2.84. The molecular formula is C19H27N3O3S. The molecule has 6 nitrogen and oxygen atoms in total. The zero-order valence-corrected chi connectivity index (χ0v) is 16.1. The monoisotopic (exact) mass is 377 g/mol. The molecule has 142 valence electrons. The van der Waals surface area contributed by atoms with Gasteiger partial charge in [0.1, 0.15) is 5.82 Å². The Labute approximate surface area is 156 Å². The van der Waals surface area contributed by atoms with E-state index < -0.39 is 10.0 Å². The van der Waals surface area contributed by atoms with Crippen LogP contribution in [0.4, 0.5) is 5.82 Å². The number of ether oxygens (including phenoxy) is 1. The van der Waals surface area contributed by atoms with E-state index in [4.69, 9.17) is 4.74 Å². The van der Waals surface area contributed by atoms with Crippen molar-refractivity contribution in [2.75, 3.05) is 37.2 Å². The minimum atomic E-state index is -3.34. The number of hydrogen-bond donors (Lipinski definition) is 1. The number of pyridine rings is 1. The van der Waals surface area contributed by atoms with Crippen LogP contribution >= 0.6 is 0 Å². The molecule has 1 aromatic heterocycles. The summed E-state index contributed by atoms with van der Waals surface area (Å²) in [6, 6.07) is 5.02. The number of rotatable bonds is 10. The summed E-state index contributed by atoms with van der Waals surface area (Å²) >= 11 is 0. The SMILES string of the molecule is C=CC1=C(C=C)CN(CCCCOc2cccc(NS(C)(=O)=O)n2)CC1. The standard InChI is InChI=1S/C19H27N3O3S/c1-4-16-11-13-22(15-17(16)5-2)12-6-7-14-25-19-10-8-9-18(20-19)21-26(3,23)24/h4-5,8-10H,1-2,6-7,11-15H2,3H3,(H,20,21). The molecule has 1 aliphatic rings. The second kappa shape index (κ2) is 9.54. The lowest BCUT2D eigenvalue weighted by molar-refractivity contribution is 0.255. The van der Waals surface area contributed by atoms with E-state index in [2.05, 4.69) is 27.8 Å². The highest BCUT2D eigenvalue weighted by Gasteiger charge is 2.14. The van der Waals surface area contributed by atoms with Crippen LogP contribution in [0.25, 0.3) is 0 Å². The molecular weight excluding hydrogens is 350 g/mol. The molecule has 1 aliphatic heterocycles. The minimum absolute atomic E-state index is 0.264. The van der Waals surface area contributed by atoms with Gasteiger partial charge < -0.3 is 4.74 Å². The van der Waals surface area contributed by atoms with E-state index in [0.29, 0.717) is 12.5 Å². The Morgan fingerprint density at radius 3 is 2.73 bits per heavy atom. The Morgan fingerprint density at radius 1 is 1.27 bits per heavy atom. The molecule has 2 heterocycles. The van der Waals surface area contributed by atoms with Gasteiger partial charge in [-0.3, -0.25) is 9.62 Å². The summed E-state index contributed by atoms with van der Waals surface area (Å²) in [5, 5.41) is 0. The predicted molar refractivity (Wildman–Crippen MR) is 106 cm³/mol. The first-order chi connectivity index (χ1) is 12.4. The van der Waals surface area contributed by atoms with Gasteiger partial charge in [0.15, 0.2) is 0 Å². The maximum atomic E-state index is 11.2. The van der Waals surface area contributed by atoms with Crippen molar-refractivity contribution >= 4 is 15.8 Å². The van der Waals surface area contributed by atoms with Crippen LogP contribution in [0.15, 0.2) is 54.7 Å². The Kier molecular flexibility index (Phi) is 7.41. The van der Waals surface area contributed by atoms with Crippen molar-refractivity contribution in [1.82, 2.24) is 9.88 Å². The summed E-state index contributed by atoms with van der Waals surface area (Å²) in [6.45, 7) is 11.3. The molecule has 0 amide bonds. The number of unbranched alkanes of at least 4 members (excludes halogenated alkanes) is 1. The van der Waals surface area contributed by atoms with Crippen LogP contribution in [0.1, 0.15) is 19.3 Å². The molecule has 0 fully saturated rings. The minimum Gasteiger partial charge on any atom is -0.478 e. The average Bonchev–Trinajstić information content (AvgIpc) is 2.60. The third-order valence-corrected chi connectivity index (χ3v) is 4.71. The first-order valence-electron chi connectivity index (χ1n) is 8.68. The van der Waals surface area contributed by atoms with Gasteiger partial charge in [-0.25, -0.2) is 8.42 Å². The number of allylic oxidation sites excluding steroid dienone is 1. The Bertz CT molecular complexity index is 772. The number of nitrogens with one attached hydrogen (secondary N) is 1. The maximum Gasteiger partial charge on any atom is 0.230 e. The van der Waals surface area contributed by atoms with E-state index in [1.807, 2.05) is 12.2 Å². The van der Waals surface area contributed by atoms with Crippen LogP contribution < -0.4 is 9.46 Å². The molecule has 0 radical (unpaired) electrons. The molecule has 0 spiro atoms. The van der Waals surface area contributed by atoms with Crippen molar-refractivity contribution < 1.29 is 13.2 Å². The molecule has 0 bridgehead atoms. The fraction of sp³-hybridized carbons (Fsp3) is 0.421. The van der Waals surface area contributed by atoms with Crippen LogP contribution in [0.2, 0.25) is 0 Å². The summed E-state index contributed by atoms with van der Waals surface area (Å²) in [4.78, 5) is 6.55. The lowest BCUT2D eigenvalue weighted by atomic mass is 10.00. The van der Waals surface area contributed by atoms with Crippen molar-refractivity contribution in [3.8, 4) is 5.88 Å². The van der Waals surface area contributed by atoms with E-state index in [1.54, 1.807) is 18.2 Å². The number of aromatic nitrogens is 1. The summed E-state index contributed by atoms with van der Waals surface area (Å²) in [5.74, 6) is 0.684. The van der Waals surface area contributed by atoms with Gasteiger partial charge in [0.2, 0.25) is 15.9 Å². The van der Waals surface area contributed by atoms with Gasteiger partial charge in [0, 0.05) is 19.2 Å². The van der Waals surface area contributed by atoms with E-state index in [0.717, 1.165) is 45.2 Å². The molecule has 0 saturated carbocycles. The lowest BCUT2D eigenvalue weighted by Gasteiger charge is -2.28. The molecule has 0 unspecified atom stereocenters. The highest BCUT2D eigenvalue weighted by atomic mass is 32.2. The normalized spacial score (nSPS) is 15.6. The maximum absolute atomic E-state index is 11.2. The van der Waals surface area contributed by atoms with E-state index in [-0.39, 0.29) is 5.82 Å². The van der Waals surface area contributed by atoms with Crippen LogP contribution in [0, 0.1) is 0 Å². The zero-order chi connectivity index (χ0) is 19.0. The average molecular weight is 378 g/mol. The molecule has 0 aromatic carbocycles. The number of nitrogens with zero attached hydrogens (tertiary/aromatic N) is 2. The zero-order valence-electron chi connectivity index (χ0n) is 15.3. The van der Waals surface area contributed by atoms with Crippen LogP contribution in [-0.4, -0.2) is 50.8 Å². The molecule has 1 aromatic rings. The summed E-state index contributed by atoms with van der Waals surface area (Å²) in [6.07, 6.45) is 7.90. The topological polar surface area (TPSA) is 71.5 Å². The molecule has 7 heteroatoms. The van der Waals surface area contributed by atoms with Gasteiger partial charge in [0.05, 0.1) is 12.9 Å². The summed E-state index contributed by atoms with van der Waals surface area (Å²) < 4.78 is 30.4. The third-order valence-electron chi connectivity index (χ3n) is 4.13. The molecule has 1 N–H and O–H groups in total. The third kappa shape index (κ3) is 6.65. The van der Waals surface area contributed by atoms with Gasteiger partial charge in [-0.1, -0.05) is 31.4 Å². The van der Waals surface area contributed by atoms with Crippen molar-refractivity contribution in [2.45, 2.75) is 19.3 Å². The molecule has 2 rings (SSSR count). The largest absolute Gasteiger partial charge is 0.478 e. The number of anilines is 1. The van der Waals surface area contributed by atoms with E-state index >= 15 is 0 Å². The number of sulfonamides is 1. The van der Waals surface area contributed by atoms with Crippen LogP contribution in [0.3, 0.4) is 0 Å². The summed E-state index contributed by atoms with van der Waals surface area (Å²) in [7, 11) is -3.34. The summed E-state index contributed by atoms with van der Waals surface area (Å²) in [5.41, 5.74) is 2.56. The first kappa shape index (κ1) is 20.2. The van der Waals surface area contributed by atoms with Crippen molar-refractivity contribution in [1.29, 1.82) is 0 Å². The second-order valence-electron chi connectivity index (χ2n) is 6.28. The molecule has 0 atom stereocenters. The van der Waals surface area contributed by atoms with Gasteiger partial charge in [-0.2, -0.15) is 4.98 Å².